The molecule has 0 bridgehead atoms. The van der Waals surface area contributed by atoms with E-state index >= 15 is 0 Å². The molecule has 0 N–H and O–H groups in total. The zero-order valence-corrected chi connectivity index (χ0v) is 12.3. The van der Waals surface area contributed by atoms with Crippen LogP contribution in [-0.4, -0.2) is 5.78 Å². The number of hydrogen-bond acceptors (Lipinski definition) is 1. The van der Waals surface area contributed by atoms with Crippen molar-refractivity contribution in [1.82, 2.24) is 0 Å². The SMILES string of the molecule is CC(C)(C)C#CCC(=O)C(C)(C)c1ccc(F)cc1. The van der Waals surface area contributed by atoms with Gasteiger partial charge in [-0.15, -0.1) is 0 Å². The summed E-state index contributed by atoms with van der Waals surface area (Å²) in [5, 5.41) is 0. The number of hydrogen-bond donors (Lipinski definition) is 0. The minimum atomic E-state index is -0.639. The third-order valence-corrected chi connectivity index (χ3v) is 2.98. The molecule has 19 heavy (non-hydrogen) atoms. The first-order valence-corrected chi connectivity index (χ1v) is 6.42. The van der Waals surface area contributed by atoms with Crippen molar-refractivity contribution >= 4 is 5.78 Å². The molecule has 1 aromatic rings. The highest BCUT2D eigenvalue weighted by molar-refractivity contribution is 5.91. The number of halogens is 1. The van der Waals surface area contributed by atoms with Gasteiger partial charge in [-0.25, -0.2) is 4.39 Å². The van der Waals surface area contributed by atoms with Crippen molar-refractivity contribution in [2.75, 3.05) is 0 Å². The van der Waals surface area contributed by atoms with Gasteiger partial charge < -0.3 is 0 Å². The molecule has 0 spiro atoms. The molecule has 0 aliphatic carbocycles. The third kappa shape index (κ3) is 4.52. The zero-order chi connectivity index (χ0) is 14.7. The normalized spacial score (nSPS) is 11.7. The summed E-state index contributed by atoms with van der Waals surface area (Å²) in [6, 6.07) is 6.07. The molecule has 2 heteroatoms. The fourth-order valence-electron chi connectivity index (χ4n) is 1.64. The average Bonchev–Trinajstić information content (AvgIpc) is 2.27. The van der Waals surface area contributed by atoms with Crippen LogP contribution in [0.4, 0.5) is 4.39 Å². The predicted octanol–water partition coefficient (Wildman–Crippen LogP) is 4.11. The van der Waals surface area contributed by atoms with Gasteiger partial charge in [0, 0.05) is 10.8 Å². The highest BCUT2D eigenvalue weighted by Gasteiger charge is 2.28. The molecular formula is C17H21FO. The van der Waals surface area contributed by atoms with E-state index < -0.39 is 5.41 Å². The first-order chi connectivity index (χ1) is 8.63. The molecular weight excluding hydrogens is 239 g/mol. The first kappa shape index (κ1) is 15.4. The van der Waals surface area contributed by atoms with Gasteiger partial charge in [0.1, 0.15) is 5.82 Å². The van der Waals surface area contributed by atoms with Crippen LogP contribution >= 0.6 is 0 Å². The second kappa shape index (κ2) is 5.57. The minimum Gasteiger partial charge on any atom is -0.298 e. The monoisotopic (exact) mass is 260 g/mol. The van der Waals surface area contributed by atoms with Gasteiger partial charge in [-0.05, 0) is 52.3 Å². The van der Waals surface area contributed by atoms with E-state index in [1.165, 1.54) is 12.1 Å². The van der Waals surface area contributed by atoms with Crippen LogP contribution in [0.5, 0.6) is 0 Å². The highest BCUT2D eigenvalue weighted by atomic mass is 19.1. The summed E-state index contributed by atoms with van der Waals surface area (Å²) in [7, 11) is 0. The maximum atomic E-state index is 12.9. The molecule has 0 radical (unpaired) electrons. The molecule has 0 saturated heterocycles. The summed E-state index contributed by atoms with van der Waals surface area (Å²) in [4.78, 5) is 12.2. The maximum absolute atomic E-state index is 12.9. The molecule has 1 nitrogen and oxygen atoms in total. The van der Waals surface area contributed by atoms with E-state index in [0.717, 1.165) is 5.56 Å². The Morgan fingerprint density at radius 3 is 2.11 bits per heavy atom. The molecule has 0 aliphatic heterocycles. The molecule has 1 rings (SSSR count). The smallest absolute Gasteiger partial charge is 0.154 e. The summed E-state index contributed by atoms with van der Waals surface area (Å²) in [5.41, 5.74) is 0.0806. The van der Waals surface area contributed by atoms with Crippen LogP contribution in [0.1, 0.15) is 46.6 Å². The lowest BCUT2D eigenvalue weighted by atomic mass is 9.79. The Balaban J connectivity index is 2.85. The Hall–Kier alpha value is -1.62. The van der Waals surface area contributed by atoms with Crippen LogP contribution in [-0.2, 0) is 10.2 Å². The number of carbonyl (C=O) groups is 1. The summed E-state index contributed by atoms with van der Waals surface area (Å²) in [6.07, 6.45) is 0.224. The molecule has 102 valence electrons. The second-order valence-corrected chi connectivity index (χ2v) is 6.28. The largest absolute Gasteiger partial charge is 0.298 e. The number of Topliss-reactive ketones (excluding diaryl/α,β-unsaturated/α-hetero) is 1. The summed E-state index contributed by atoms with van der Waals surface area (Å²) < 4.78 is 12.9. The van der Waals surface area contributed by atoms with Crippen molar-refractivity contribution in [3.05, 3.63) is 35.6 Å². The Labute approximate surface area is 115 Å². The molecule has 0 heterocycles. The van der Waals surface area contributed by atoms with Crippen molar-refractivity contribution in [1.29, 1.82) is 0 Å². The van der Waals surface area contributed by atoms with Crippen molar-refractivity contribution in [2.45, 2.75) is 46.5 Å². The fourth-order valence-corrected chi connectivity index (χ4v) is 1.64. The number of carbonyl (C=O) groups excluding carboxylic acids is 1. The van der Waals surface area contributed by atoms with E-state index in [1.807, 2.05) is 34.6 Å². The lowest BCUT2D eigenvalue weighted by Gasteiger charge is -2.22. The van der Waals surface area contributed by atoms with E-state index in [-0.39, 0.29) is 23.4 Å². The van der Waals surface area contributed by atoms with Gasteiger partial charge in [0.2, 0.25) is 0 Å². The van der Waals surface area contributed by atoms with Crippen molar-refractivity contribution in [3.8, 4) is 11.8 Å². The van der Waals surface area contributed by atoms with Gasteiger partial charge in [0.25, 0.3) is 0 Å². The molecule has 0 atom stereocenters. The van der Waals surface area contributed by atoms with Crippen molar-refractivity contribution in [2.24, 2.45) is 5.41 Å². The molecule has 0 saturated carbocycles. The summed E-state index contributed by atoms with van der Waals surface area (Å²) >= 11 is 0. The van der Waals surface area contributed by atoms with E-state index in [0.29, 0.717) is 0 Å². The third-order valence-electron chi connectivity index (χ3n) is 2.98. The lowest BCUT2D eigenvalue weighted by molar-refractivity contribution is -0.122. The van der Waals surface area contributed by atoms with Crippen LogP contribution in [0.25, 0.3) is 0 Å². The van der Waals surface area contributed by atoms with E-state index in [9.17, 15) is 9.18 Å². The Morgan fingerprint density at radius 2 is 1.63 bits per heavy atom. The zero-order valence-electron chi connectivity index (χ0n) is 12.3. The van der Waals surface area contributed by atoms with E-state index in [2.05, 4.69) is 11.8 Å². The van der Waals surface area contributed by atoms with Crippen molar-refractivity contribution in [3.63, 3.8) is 0 Å². The summed E-state index contributed by atoms with van der Waals surface area (Å²) in [5.74, 6) is 5.75. The van der Waals surface area contributed by atoms with Gasteiger partial charge in [-0.2, -0.15) is 0 Å². The molecule has 0 unspecified atom stereocenters. The molecule has 0 amide bonds. The highest BCUT2D eigenvalue weighted by Crippen LogP contribution is 2.25. The number of benzene rings is 1. The maximum Gasteiger partial charge on any atom is 0.154 e. The van der Waals surface area contributed by atoms with Gasteiger partial charge in [0.15, 0.2) is 5.78 Å². The predicted molar refractivity (Wildman–Crippen MR) is 76.3 cm³/mol. The molecule has 0 aliphatic rings. The Morgan fingerprint density at radius 1 is 1.11 bits per heavy atom. The van der Waals surface area contributed by atoms with Crippen LogP contribution in [0.3, 0.4) is 0 Å². The number of ketones is 1. The van der Waals surface area contributed by atoms with Crippen LogP contribution < -0.4 is 0 Å². The molecule has 1 aromatic carbocycles. The molecule has 0 fully saturated rings. The van der Waals surface area contributed by atoms with Gasteiger partial charge in [0.05, 0.1) is 6.42 Å². The van der Waals surface area contributed by atoms with Crippen molar-refractivity contribution < 1.29 is 9.18 Å². The van der Waals surface area contributed by atoms with Gasteiger partial charge >= 0.3 is 0 Å². The van der Waals surface area contributed by atoms with Gasteiger partial charge in [-0.1, -0.05) is 24.0 Å². The molecule has 0 aromatic heterocycles. The Bertz CT molecular complexity index is 507. The van der Waals surface area contributed by atoms with Gasteiger partial charge in [-0.3, -0.25) is 4.79 Å². The number of rotatable bonds is 3. The van der Waals surface area contributed by atoms with E-state index in [4.69, 9.17) is 0 Å². The van der Waals surface area contributed by atoms with E-state index in [1.54, 1.807) is 12.1 Å². The summed E-state index contributed by atoms with van der Waals surface area (Å²) in [6.45, 7) is 9.73. The quantitative estimate of drug-likeness (QED) is 0.747. The Kier molecular flexibility index (Phi) is 4.52. The second-order valence-electron chi connectivity index (χ2n) is 6.28. The first-order valence-electron chi connectivity index (χ1n) is 6.42. The van der Waals surface area contributed by atoms with Crippen LogP contribution in [0.15, 0.2) is 24.3 Å². The standard InChI is InChI=1S/C17H21FO/c1-16(2,3)12-6-7-15(19)17(4,5)13-8-10-14(18)11-9-13/h8-11H,7H2,1-5H3. The topological polar surface area (TPSA) is 17.1 Å². The van der Waals surface area contributed by atoms with Crippen LogP contribution in [0, 0.1) is 23.1 Å². The minimum absolute atomic E-state index is 0.0517. The fraction of sp³-hybridized carbons (Fsp3) is 0.471. The van der Waals surface area contributed by atoms with Crippen LogP contribution in [0.2, 0.25) is 0 Å². The average molecular weight is 260 g/mol. The lowest BCUT2D eigenvalue weighted by Crippen LogP contribution is -2.28.